The van der Waals surface area contributed by atoms with Crippen LogP contribution in [0.15, 0.2) is 83.3 Å². The second-order valence-electron chi connectivity index (χ2n) is 8.76. The lowest BCUT2D eigenvalue weighted by Gasteiger charge is -2.33. The van der Waals surface area contributed by atoms with Gasteiger partial charge in [-0.15, -0.1) is 0 Å². The number of carbonyl (C=O) groups excluding carboxylic acids is 2. The van der Waals surface area contributed by atoms with Gasteiger partial charge in [0.2, 0.25) is 21.8 Å². The fourth-order valence-corrected chi connectivity index (χ4v) is 5.36. The van der Waals surface area contributed by atoms with Crippen molar-refractivity contribution in [2.45, 2.75) is 32.4 Å². The quantitative estimate of drug-likeness (QED) is 0.366. The van der Waals surface area contributed by atoms with Gasteiger partial charge >= 0.3 is 0 Å². The monoisotopic (exact) mass is 585 g/mol. The fraction of sp³-hybridized carbons (Fsp3) is 0.286. The Hall–Kier alpha value is -3.17. The topological polar surface area (TPSA) is 86.8 Å². The van der Waals surface area contributed by atoms with E-state index in [0.717, 1.165) is 38.1 Å². The number of likely N-dealkylation sites (N-methyl/N-ethyl adjacent to an activating group) is 1. The van der Waals surface area contributed by atoms with E-state index in [0.29, 0.717) is 5.69 Å². The normalized spacial score (nSPS) is 12.0. The molecule has 3 rings (SSSR count). The smallest absolute Gasteiger partial charge is 0.244 e. The van der Waals surface area contributed by atoms with E-state index in [9.17, 15) is 18.0 Å². The van der Waals surface area contributed by atoms with Crippen molar-refractivity contribution < 1.29 is 18.0 Å². The lowest BCUT2D eigenvalue weighted by molar-refractivity contribution is -0.139. The highest BCUT2D eigenvalue weighted by Crippen LogP contribution is 2.22. The lowest BCUT2D eigenvalue weighted by atomic mass is 10.0. The molecule has 0 aromatic heterocycles. The maximum Gasteiger partial charge on any atom is 0.244 e. The van der Waals surface area contributed by atoms with Gasteiger partial charge in [0.1, 0.15) is 12.6 Å². The largest absolute Gasteiger partial charge is 0.357 e. The minimum Gasteiger partial charge on any atom is -0.357 e. The van der Waals surface area contributed by atoms with Crippen LogP contribution in [0.2, 0.25) is 0 Å². The van der Waals surface area contributed by atoms with Crippen LogP contribution in [0.5, 0.6) is 0 Å². The molecule has 0 unspecified atom stereocenters. The first-order chi connectivity index (χ1) is 17.6. The number of nitrogens with one attached hydrogen (secondary N) is 1. The molecule has 0 spiro atoms. The number of nitrogens with zero attached hydrogens (tertiary/aromatic N) is 2. The van der Waals surface area contributed by atoms with Crippen molar-refractivity contribution in [3.05, 3.63) is 100 Å². The van der Waals surface area contributed by atoms with E-state index in [1.807, 2.05) is 73.7 Å². The summed E-state index contributed by atoms with van der Waals surface area (Å²) in [6.45, 7) is 1.72. The van der Waals surface area contributed by atoms with Crippen LogP contribution in [0, 0.1) is 0 Å². The second-order valence-corrected chi connectivity index (χ2v) is 11.6. The van der Waals surface area contributed by atoms with E-state index >= 15 is 0 Å². The summed E-state index contributed by atoms with van der Waals surface area (Å²) < 4.78 is 27.5. The minimum absolute atomic E-state index is 0.134. The van der Waals surface area contributed by atoms with Gasteiger partial charge in [-0.05, 0) is 47.4 Å². The van der Waals surface area contributed by atoms with Gasteiger partial charge in [0.15, 0.2) is 0 Å². The molecule has 0 bridgehead atoms. The standard InChI is InChI=1S/C28H32BrN3O4S/c1-4-21-13-15-25(16-14-21)32(37(3,35)36)20-27(33)31(19-23-11-8-12-24(29)17-23)26(28(34)30-2)18-22-9-6-5-7-10-22/h5-17,26H,4,18-20H2,1-3H3,(H,30,34)/t26-/m0/s1. The lowest BCUT2D eigenvalue weighted by Crippen LogP contribution is -2.52. The first-order valence-corrected chi connectivity index (χ1v) is 14.6. The van der Waals surface area contributed by atoms with E-state index in [2.05, 4.69) is 21.2 Å². The van der Waals surface area contributed by atoms with Crippen LogP contribution >= 0.6 is 15.9 Å². The maximum absolute atomic E-state index is 13.9. The fourth-order valence-electron chi connectivity index (χ4n) is 4.06. The van der Waals surface area contributed by atoms with Crippen molar-refractivity contribution >= 4 is 43.5 Å². The molecule has 1 atom stereocenters. The van der Waals surface area contributed by atoms with Crippen molar-refractivity contribution in [2.75, 3.05) is 24.2 Å². The van der Waals surface area contributed by atoms with Gasteiger partial charge in [-0.25, -0.2) is 8.42 Å². The summed E-state index contributed by atoms with van der Waals surface area (Å²) in [5, 5.41) is 2.67. The van der Waals surface area contributed by atoms with E-state index in [1.54, 1.807) is 12.1 Å². The summed E-state index contributed by atoms with van der Waals surface area (Å²) >= 11 is 3.46. The van der Waals surface area contributed by atoms with Gasteiger partial charge in [0.25, 0.3) is 0 Å². The van der Waals surface area contributed by atoms with Gasteiger partial charge in [-0.1, -0.05) is 77.5 Å². The minimum atomic E-state index is -3.78. The molecular weight excluding hydrogens is 554 g/mol. The zero-order chi connectivity index (χ0) is 27.0. The summed E-state index contributed by atoms with van der Waals surface area (Å²) in [5.74, 6) is -0.806. The number of carbonyl (C=O) groups is 2. The van der Waals surface area contributed by atoms with E-state index in [1.165, 1.54) is 11.9 Å². The van der Waals surface area contributed by atoms with Crippen molar-refractivity contribution in [1.29, 1.82) is 0 Å². The van der Waals surface area contributed by atoms with Gasteiger partial charge in [0, 0.05) is 24.5 Å². The van der Waals surface area contributed by atoms with Crippen molar-refractivity contribution in [2.24, 2.45) is 0 Å². The Balaban J connectivity index is 2.01. The molecule has 3 aromatic carbocycles. The molecule has 1 N–H and O–H groups in total. The molecule has 0 fully saturated rings. The molecule has 0 aliphatic carbocycles. The number of hydrogen-bond acceptors (Lipinski definition) is 4. The second kappa shape index (κ2) is 12.9. The van der Waals surface area contributed by atoms with Crippen molar-refractivity contribution in [3.8, 4) is 0 Å². The molecule has 0 aliphatic rings. The number of sulfonamides is 1. The molecule has 2 amide bonds. The highest BCUT2D eigenvalue weighted by Gasteiger charge is 2.32. The first kappa shape index (κ1) is 28.4. The molecule has 0 radical (unpaired) electrons. The summed E-state index contributed by atoms with van der Waals surface area (Å²) in [5.41, 5.74) is 3.15. The number of hydrogen-bond donors (Lipinski definition) is 1. The average molecular weight is 587 g/mol. The molecule has 37 heavy (non-hydrogen) atoms. The summed E-state index contributed by atoms with van der Waals surface area (Å²) in [7, 11) is -2.25. The summed E-state index contributed by atoms with van der Waals surface area (Å²) in [6.07, 6.45) is 2.17. The molecule has 196 valence electrons. The number of amides is 2. The third-order valence-corrected chi connectivity index (χ3v) is 7.71. The Morgan fingerprint density at radius 3 is 2.14 bits per heavy atom. The van der Waals surface area contributed by atoms with Crippen LogP contribution in [0.3, 0.4) is 0 Å². The predicted molar refractivity (Wildman–Crippen MR) is 151 cm³/mol. The van der Waals surface area contributed by atoms with Gasteiger partial charge in [-0.2, -0.15) is 0 Å². The van der Waals surface area contributed by atoms with Gasteiger partial charge in [-0.3, -0.25) is 13.9 Å². The number of halogens is 1. The first-order valence-electron chi connectivity index (χ1n) is 12.0. The Morgan fingerprint density at radius 2 is 1.57 bits per heavy atom. The van der Waals surface area contributed by atoms with Crippen LogP contribution in [-0.4, -0.2) is 51.0 Å². The van der Waals surface area contributed by atoms with Gasteiger partial charge in [0.05, 0.1) is 11.9 Å². The molecule has 0 aliphatic heterocycles. The molecular formula is C28H32BrN3O4S. The number of rotatable bonds is 11. The highest BCUT2D eigenvalue weighted by molar-refractivity contribution is 9.10. The van der Waals surface area contributed by atoms with E-state index < -0.39 is 28.5 Å². The van der Waals surface area contributed by atoms with E-state index in [4.69, 9.17) is 0 Å². The molecule has 9 heteroatoms. The molecule has 3 aromatic rings. The zero-order valence-corrected chi connectivity index (χ0v) is 23.6. The molecule has 7 nitrogen and oxygen atoms in total. The van der Waals surface area contributed by atoms with Crippen LogP contribution in [0.1, 0.15) is 23.6 Å². The molecule has 0 saturated heterocycles. The number of aryl methyl sites for hydroxylation is 1. The van der Waals surface area contributed by atoms with E-state index in [-0.39, 0.29) is 18.9 Å². The zero-order valence-electron chi connectivity index (χ0n) is 21.2. The SMILES string of the molecule is CCc1ccc(N(CC(=O)N(Cc2cccc(Br)c2)[C@@H](Cc2ccccc2)C(=O)NC)S(C)(=O)=O)cc1. The number of benzene rings is 3. The Labute approximate surface area is 227 Å². The Bertz CT molecular complexity index is 1310. The highest BCUT2D eigenvalue weighted by atomic mass is 79.9. The average Bonchev–Trinajstić information content (AvgIpc) is 2.88. The predicted octanol–water partition coefficient (Wildman–Crippen LogP) is 4.16. The maximum atomic E-state index is 13.9. The van der Waals surface area contributed by atoms with Crippen molar-refractivity contribution in [3.63, 3.8) is 0 Å². The summed E-state index contributed by atoms with van der Waals surface area (Å²) in [6, 6.07) is 23.2. The molecule has 0 heterocycles. The van der Waals surface area contributed by atoms with Crippen LogP contribution in [0.4, 0.5) is 5.69 Å². The third kappa shape index (κ3) is 7.90. The Kier molecular flexibility index (Phi) is 9.88. The summed E-state index contributed by atoms with van der Waals surface area (Å²) in [4.78, 5) is 28.4. The third-order valence-electron chi connectivity index (χ3n) is 6.07. The van der Waals surface area contributed by atoms with Crippen molar-refractivity contribution in [1.82, 2.24) is 10.2 Å². The number of anilines is 1. The van der Waals surface area contributed by atoms with Crippen LogP contribution in [0.25, 0.3) is 0 Å². The molecule has 0 saturated carbocycles. The van der Waals surface area contributed by atoms with Gasteiger partial charge < -0.3 is 10.2 Å². The van der Waals surface area contributed by atoms with Crippen LogP contribution in [-0.2, 0) is 39.0 Å². The van der Waals surface area contributed by atoms with Crippen LogP contribution < -0.4 is 9.62 Å². The Morgan fingerprint density at radius 1 is 0.919 bits per heavy atom.